The standard InChI is InChI=1S/C47H51N3O3/c1-4-51-45(38-16-10-7-11-17-38)48-42-27-22-35(23-28-42)32-37-26-31-44(50-47(53-6-3)40-20-14-9-15-21-40)41(34-37)33-36-24-29-43(30-25-36)49-46(52-5-2)39-18-12-8-13-19-39/h7-31,34,45-50H,4-6,32-33H2,1-3H3. The van der Waals surface area contributed by atoms with E-state index in [9.17, 15) is 0 Å². The van der Waals surface area contributed by atoms with E-state index >= 15 is 0 Å². The van der Waals surface area contributed by atoms with Crippen LogP contribution in [-0.4, -0.2) is 19.8 Å². The lowest BCUT2D eigenvalue weighted by atomic mass is 9.97. The summed E-state index contributed by atoms with van der Waals surface area (Å²) >= 11 is 0. The van der Waals surface area contributed by atoms with Gasteiger partial charge in [0, 0.05) is 53.6 Å². The minimum absolute atomic E-state index is 0.203. The normalized spacial score (nSPS) is 12.8. The van der Waals surface area contributed by atoms with Crippen molar-refractivity contribution in [3.63, 3.8) is 0 Å². The van der Waals surface area contributed by atoms with Gasteiger partial charge in [-0.25, -0.2) is 0 Å². The highest BCUT2D eigenvalue weighted by molar-refractivity contribution is 5.57. The minimum atomic E-state index is -0.262. The van der Waals surface area contributed by atoms with Gasteiger partial charge in [0.05, 0.1) is 0 Å². The third-order valence-corrected chi connectivity index (χ3v) is 9.07. The Morgan fingerprint density at radius 2 is 0.774 bits per heavy atom. The second-order valence-corrected chi connectivity index (χ2v) is 12.9. The van der Waals surface area contributed by atoms with Crippen LogP contribution in [0.1, 0.15) is 78.4 Å². The summed E-state index contributed by atoms with van der Waals surface area (Å²) in [4.78, 5) is 0. The Morgan fingerprint density at radius 3 is 1.19 bits per heavy atom. The predicted octanol–water partition coefficient (Wildman–Crippen LogP) is 11.3. The highest BCUT2D eigenvalue weighted by atomic mass is 16.5. The van der Waals surface area contributed by atoms with E-state index in [0.717, 1.165) is 46.6 Å². The Balaban J connectivity index is 1.21. The Hall–Kier alpha value is -5.40. The van der Waals surface area contributed by atoms with Crippen molar-refractivity contribution in [1.82, 2.24) is 0 Å². The molecule has 0 spiro atoms. The molecule has 3 N–H and O–H groups in total. The highest BCUT2D eigenvalue weighted by Gasteiger charge is 2.16. The van der Waals surface area contributed by atoms with E-state index in [2.05, 4.69) is 131 Å². The molecule has 0 aliphatic heterocycles. The third-order valence-electron chi connectivity index (χ3n) is 9.07. The molecule has 0 aliphatic rings. The minimum Gasteiger partial charge on any atom is -0.356 e. The van der Waals surface area contributed by atoms with Gasteiger partial charge >= 0.3 is 0 Å². The fourth-order valence-corrected chi connectivity index (χ4v) is 6.43. The molecule has 0 aliphatic carbocycles. The first-order valence-corrected chi connectivity index (χ1v) is 18.7. The first-order valence-electron chi connectivity index (χ1n) is 18.7. The lowest BCUT2D eigenvalue weighted by molar-refractivity contribution is 0.0827. The molecule has 0 radical (unpaired) electrons. The fraction of sp³-hybridized carbons (Fsp3) is 0.234. The molecule has 0 aromatic heterocycles. The Labute approximate surface area is 315 Å². The van der Waals surface area contributed by atoms with Crippen LogP contribution in [-0.2, 0) is 27.1 Å². The van der Waals surface area contributed by atoms with E-state index in [0.29, 0.717) is 19.8 Å². The van der Waals surface area contributed by atoms with Crippen LogP contribution in [0.15, 0.2) is 158 Å². The van der Waals surface area contributed by atoms with Crippen LogP contribution in [0.2, 0.25) is 0 Å². The summed E-state index contributed by atoms with van der Waals surface area (Å²) < 4.78 is 18.3. The SMILES string of the molecule is CCOC(Nc1ccc(Cc2ccc(NC(OCC)c3ccccc3)c(Cc3ccc(NC(OCC)c4ccccc4)cc3)c2)cc1)c1ccccc1. The van der Waals surface area contributed by atoms with Crippen LogP contribution in [0.4, 0.5) is 17.1 Å². The van der Waals surface area contributed by atoms with Gasteiger partial charge in [-0.15, -0.1) is 0 Å². The molecule has 0 heterocycles. The van der Waals surface area contributed by atoms with Crippen LogP contribution >= 0.6 is 0 Å². The van der Waals surface area contributed by atoms with E-state index in [1.807, 2.05) is 63.2 Å². The molecular weight excluding hydrogens is 655 g/mol. The average molecular weight is 706 g/mol. The molecule has 0 bridgehead atoms. The molecule has 53 heavy (non-hydrogen) atoms. The van der Waals surface area contributed by atoms with Crippen LogP contribution in [0.25, 0.3) is 0 Å². The average Bonchev–Trinajstić information content (AvgIpc) is 3.20. The molecule has 0 saturated heterocycles. The van der Waals surface area contributed by atoms with Gasteiger partial charge in [0.1, 0.15) is 0 Å². The monoisotopic (exact) mass is 705 g/mol. The largest absolute Gasteiger partial charge is 0.356 e. The molecule has 272 valence electrons. The summed E-state index contributed by atoms with van der Waals surface area (Å²) in [6.07, 6.45) is 0.898. The molecule has 6 rings (SSSR count). The number of rotatable bonds is 19. The molecule has 6 heteroatoms. The topological polar surface area (TPSA) is 63.8 Å². The molecule has 3 unspecified atom stereocenters. The smallest absolute Gasteiger partial charge is 0.154 e. The quantitative estimate of drug-likeness (QED) is 0.0729. The van der Waals surface area contributed by atoms with Crippen molar-refractivity contribution >= 4 is 17.1 Å². The molecule has 0 saturated carbocycles. The van der Waals surface area contributed by atoms with Gasteiger partial charge in [-0.05, 0) is 86.2 Å². The zero-order valence-electron chi connectivity index (χ0n) is 31.0. The lowest BCUT2D eigenvalue weighted by Gasteiger charge is -2.23. The van der Waals surface area contributed by atoms with Gasteiger partial charge in [0.25, 0.3) is 0 Å². The van der Waals surface area contributed by atoms with Crippen molar-refractivity contribution in [2.75, 3.05) is 35.8 Å². The van der Waals surface area contributed by atoms with Gasteiger partial charge in [0.2, 0.25) is 0 Å². The summed E-state index contributed by atoms with van der Waals surface area (Å²) in [6.45, 7) is 7.91. The van der Waals surface area contributed by atoms with Crippen LogP contribution in [0.3, 0.4) is 0 Å². The van der Waals surface area contributed by atoms with Crippen molar-refractivity contribution in [3.8, 4) is 0 Å². The number of nitrogens with one attached hydrogen (secondary N) is 3. The zero-order chi connectivity index (χ0) is 36.7. The Kier molecular flexibility index (Phi) is 13.7. The van der Waals surface area contributed by atoms with Gasteiger partial charge in [0.15, 0.2) is 18.7 Å². The summed E-state index contributed by atoms with van der Waals surface area (Å²) in [5, 5.41) is 10.8. The summed E-state index contributed by atoms with van der Waals surface area (Å²) in [7, 11) is 0. The van der Waals surface area contributed by atoms with Crippen LogP contribution in [0.5, 0.6) is 0 Å². The second kappa shape index (κ2) is 19.4. The van der Waals surface area contributed by atoms with Crippen molar-refractivity contribution in [2.24, 2.45) is 0 Å². The summed E-state index contributed by atoms with van der Waals surface area (Å²) in [5.74, 6) is 0. The van der Waals surface area contributed by atoms with Gasteiger partial charge in [-0.3, -0.25) is 0 Å². The maximum atomic E-state index is 6.21. The van der Waals surface area contributed by atoms with E-state index in [-0.39, 0.29) is 18.7 Å². The van der Waals surface area contributed by atoms with E-state index < -0.39 is 0 Å². The molecule has 6 aromatic carbocycles. The van der Waals surface area contributed by atoms with Gasteiger partial charge < -0.3 is 30.2 Å². The Morgan fingerprint density at radius 1 is 0.396 bits per heavy atom. The molecule has 3 atom stereocenters. The lowest BCUT2D eigenvalue weighted by Crippen LogP contribution is -2.16. The molecule has 0 amide bonds. The first-order chi connectivity index (χ1) is 26.1. The third kappa shape index (κ3) is 10.8. The van der Waals surface area contributed by atoms with E-state index in [4.69, 9.17) is 14.2 Å². The number of hydrogen-bond donors (Lipinski definition) is 3. The maximum absolute atomic E-state index is 6.21. The molecule has 6 aromatic rings. The van der Waals surface area contributed by atoms with Crippen molar-refractivity contribution in [1.29, 1.82) is 0 Å². The van der Waals surface area contributed by atoms with Crippen molar-refractivity contribution in [3.05, 3.63) is 197 Å². The maximum Gasteiger partial charge on any atom is 0.154 e. The zero-order valence-corrected chi connectivity index (χ0v) is 31.0. The van der Waals surface area contributed by atoms with Gasteiger partial charge in [-0.2, -0.15) is 0 Å². The van der Waals surface area contributed by atoms with E-state index in [1.54, 1.807) is 0 Å². The molecule has 0 fully saturated rings. The molecule has 6 nitrogen and oxygen atoms in total. The van der Waals surface area contributed by atoms with Crippen LogP contribution in [0, 0.1) is 0 Å². The number of hydrogen-bond acceptors (Lipinski definition) is 6. The highest BCUT2D eigenvalue weighted by Crippen LogP contribution is 2.29. The first kappa shape index (κ1) is 37.4. The second-order valence-electron chi connectivity index (χ2n) is 12.9. The van der Waals surface area contributed by atoms with E-state index in [1.165, 1.54) is 22.3 Å². The van der Waals surface area contributed by atoms with Crippen molar-refractivity contribution in [2.45, 2.75) is 52.3 Å². The summed E-state index contributed by atoms with van der Waals surface area (Å²) in [6, 6.07) is 55.0. The van der Waals surface area contributed by atoms with Crippen LogP contribution < -0.4 is 16.0 Å². The number of benzene rings is 6. The number of ether oxygens (including phenoxy) is 3. The fourth-order valence-electron chi connectivity index (χ4n) is 6.43. The van der Waals surface area contributed by atoms with Gasteiger partial charge in [-0.1, -0.05) is 127 Å². The summed E-state index contributed by atoms with van der Waals surface area (Å²) in [5.41, 5.74) is 11.3. The Bertz CT molecular complexity index is 1940. The van der Waals surface area contributed by atoms with Crippen molar-refractivity contribution < 1.29 is 14.2 Å². The number of anilines is 3. The molecular formula is C47H51N3O3. The predicted molar refractivity (Wildman–Crippen MR) is 218 cm³/mol.